The van der Waals surface area contributed by atoms with Crippen LogP contribution in [0.15, 0.2) is 11.6 Å². The molecular formula is C11H20O. The van der Waals surface area contributed by atoms with Crippen LogP contribution in [-0.2, 0) is 4.79 Å². The Labute approximate surface area is 75.9 Å². The van der Waals surface area contributed by atoms with Crippen molar-refractivity contribution >= 4 is 6.29 Å². The van der Waals surface area contributed by atoms with Gasteiger partial charge >= 0.3 is 0 Å². The molecule has 0 amide bonds. The predicted octanol–water partition coefficient (Wildman–Crippen LogP) is 3.49. The summed E-state index contributed by atoms with van der Waals surface area (Å²) in [7, 11) is 0. The van der Waals surface area contributed by atoms with Crippen LogP contribution in [0.25, 0.3) is 0 Å². The van der Waals surface area contributed by atoms with Gasteiger partial charge < -0.3 is 4.79 Å². The van der Waals surface area contributed by atoms with Crippen molar-refractivity contribution < 1.29 is 4.79 Å². The normalized spacial score (nSPS) is 11.7. The Morgan fingerprint density at radius 2 is 2.00 bits per heavy atom. The van der Waals surface area contributed by atoms with Gasteiger partial charge in [0.2, 0.25) is 0 Å². The number of aldehydes is 1. The number of unbranched alkanes of at least 4 members (excludes halogenated alkanes) is 3. The molecule has 0 aromatic rings. The molecular weight excluding hydrogens is 148 g/mol. The Morgan fingerprint density at radius 1 is 1.25 bits per heavy atom. The van der Waals surface area contributed by atoms with Crippen LogP contribution in [0.2, 0.25) is 0 Å². The van der Waals surface area contributed by atoms with E-state index in [4.69, 9.17) is 0 Å². The van der Waals surface area contributed by atoms with Gasteiger partial charge in [-0.25, -0.2) is 0 Å². The van der Waals surface area contributed by atoms with Crippen LogP contribution < -0.4 is 0 Å². The summed E-state index contributed by atoms with van der Waals surface area (Å²) in [6.07, 6.45) is 9.94. The smallest absolute Gasteiger partial charge is 0.123 e. The molecule has 0 saturated carbocycles. The maximum atomic E-state index is 10.0. The van der Waals surface area contributed by atoms with Crippen molar-refractivity contribution in [3.8, 4) is 0 Å². The second-order valence-electron chi connectivity index (χ2n) is 3.26. The van der Waals surface area contributed by atoms with Gasteiger partial charge in [-0.05, 0) is 19.8 Å². The SMILES string of the molecule is CCCCCC/C(C)=C/CC=O. The van der Waals surface area contributed by atoms with E-state index in [0.29, 0.717) is 6.42 Å². The minimum absolute atomic E-state index is 0.583. The third kappa shape index (κ3) is 7.52. The van der Waals surface area contributed by atoms with E-state index in [9.17, 15) is 4.79 Å². The van der Waals surface area contributed by atoms with Crippen LogP contribution in [0.5, 0.6) is 0 Å². The number of carbonyl (C=O) groups excluding carboxylic acids is 1. The minimum Gasteiger partial charge on any atom is -0.303 e. The summed E-state index contributed by atoms with van der Waals surface area (Å²) < 4.78 is 0. The molecule has 0 rings (SSSR count). The lowest BCUT2D eigenvalue weighted by atomic mass is 10.1. The fourth-order valence-corrected chi connectivity index (χ4v) is 1.18. The first kappa shape index (κ1) is 11.4. The van der Waals surface area contributed by atoms with Crippen molar-refractivity contribution in [2.75, 3.05) is 0 Å². The second-order valence-corrected chi connectivity index (χ2v) is 3.26. The molecule has 1 nitrogen and oxygen atoms in total. The quantitative estimate of drug-likeness (QED) is 0.323. The van der Waals surface area contributed by atoms with Gasteiger partial charge in [0, 0.05) is 6.42 Å². The van der Waals surface area contributed by atoms with E-state index in [2.05, 4.69) is 13.8 Å². The molecule has 0 aromatic heterocycles. The first-order valence-electron chi connectivity index (χ1n) is 4.90. The standard InChI is InChI=1S/C11H20O/c1-3-4-5-6-8-11(2)9-7-10-12/h9-10H,3-8H2,1-2H3/b11-9+. The van der Waals surface area contributed by atoms with Gasteiger partial charge in [0.15, 0.2) is 0 Å². The van der Waals surface area contributed by atoms with Crippen LogP contribution in [0.1, 0.15) is 52.4 Å². The fraction of sp³-hybridized carbons (Fsp3) is 0.727. The first-order chi connectivity index (χ1) is 5.81. The summed E-state index contributed by atoms with van der Waals surface area (Å²) in [5, 5.41) is 0. The Bertz CT molecular complexity index is 136. The molecule has 0 bridgehead atoms. The third-order valence-electron chi connectivity index (χ3n) is 1.99. The summed E-state index contributed by atoms with van der Waals surface area (Å²) in [6.45, 7) is 4.32. The fourth-order valence-electron chi connectivity index (χ4n) is 1.18. The molecule has 0 saturated heterocycles. The van der Waals surface area contributed by atoms with Crippen LogP contribution in [-0.4, -0.2) is 6.29 Å². The van der Waals surface area contributed by atoms with Crippen LogP contribution in [0.4, 0.5) is 0 Å². The van der Waals surface area contributed by atoms with E-state index < -0.39 is 0 Å². The summed E-state index contributed by atoms with van der Waals surface area (Å²) >= 11 is 0. The van der Waals surface area contributed by atoms with E-state index in [1.165, 1.54) is 31.3 Å². The predicted molar refractivity (Wildman–Crippen MR) is 53.2 cm³/mol. The molecule has 12 heavy (non-hydrogen) atoms. The van der Waals surface area contributed by atoms with Gasteiger partial charge in [-0.2, -0.15) is 0 Å². The highest BCUT2D eigenvalue weighted by molar-refractivity contribution is 5.52. The average molecular weight is 168 g/mol. The molecule has 70 valence electrons. The summed E-state index contributed by atoms with van der Waals surface area (Å²) in [5.74, 6) is 0. The zero-order chi connectivity index (χ0) is 9.23. The van der Waals surface area contributed by atoms with Crippen molar-refractivity contribution in [1.82, 2.24) is 0 Å². The molecule has 0 unspecified atom stereocenters. The molecule has 0 N–H and O–H groups in total. The van der Waals surface area contributed by atoms with Crippen molar-refractivity contribution in [2.45, 2.75) is 52.4 Å². The minimum atomic E-state index is 0.583. The Balaban J connectivity index is 3.29. The van der Waals surface area contributed by atoms with E-state index in [1.54, 1.807) is 0 Å². The van der Waals surface area contributed by atoms with Gasteiger partial charge in [0.05, 0.1) is 0 Å². The van der Waals surface area contributed by atoms with Crippen LogP contribution >= 0.6 is 0 Å². The first-order valence-corrected chi connectivity index (χ1v) is 4.90. The summed E-state index contributed by atoms with van der Waals surface area (Å²) in [6, 6.07) is 0. The summed E-state index contributed by atoms with van der Waals surface area (Å²) in [5.41, 5.74) is 1.36. The maximum absolute atomic E-state index is 10.0. The monoisotopic (exact) mass is 168 g/mol. The van der Waals surface area contributed by atoms with Crippen LogP contribution in [0.3, 0.4) is 0 Å². The number of hydrogen-bond acceptors (Lipinski definition) is 1. The number of allylic oxidation sites excluding steroid dienone is 2. The number of rotatable bonds is 7. The molecule has 0 aliphatic heterocycles. The molecule has 0 heterocycles. The van der Waals surface area contributed by atoms with Crippen molar-refractivity contribution in [1.29, 1.82) is 0 Å². The van der Waals surface area contributed by atoms with Gasteiger partial charge in [0.25, 0.3) is 0 Å². The van der Waals surface area contributed by atoms with Crippen molar-refractivity contribution in [3.05, 3.63) is 11.6 Å². The van der Waals surface area contributed by atoms with Crippen LogP contribution in [0, 0.1) is 0 Å². The molecule has 0 radical (unpaired) electrons. The van der Waals surface area contributed by atoms with Gasteiger partial charge in [0.1, 0.15) is 6.29 Å². The van der Waals surface area contributed by atoms with E-state index >= 15 is 0 Å². The van der Waals surface area contributed by atoms with E-state index in [-0.39, 0.29) is 0 Å². The maximum Gasteiger partial charge on any atom is 0.123 e. The molecule has 0 spiro atoms. The molecule has 0 atom stereocenters. The third-order valence-corrected chi connectivity index (χ3v) is 1.99. The van der Waals surface area contributed by atoms with E-state index in [1.807, 2.05) is 6.08 Å². The highest BCUT2D eigenvalue weighted by Crippen LogP contribution is 2.09. The number of hydrogen-bond donors (Lipinski definition) is 0. The zero-order valence-electron chi connectivity index (χ0n) is 8.31. The highest BCUT2D eigenvalue weighted by Gasteiger charge is 1.90. The van der Waals surface area contributed by atoms with Gasteiger partial charge in [-0.15, -0.1) is 0 Å². The topological polar surface area (TPSA) is 17.1 Å². The lowest BCUT2D eigenvalue weighted by Crippen LogP contribution is -1.80. The highest BCUT2D eigenvalue weighted by atomic mass is 16.1. The molecule has 0 aliphatic rings. The number of carbonyl (C=O) groups is 1. The van der Waals surface area contributed by atoms with Crippen molar-refractivity contribution in [3.63, 3.8) is 0 Å². The molecule has 1 heteroatoms. The van der Waals surface area contributed by atoms with Crippen molar-refractivity contribution in [2.24, 2.45) is 0 Å². The lowest BCUT2D eigenvalue weighted by molar-refractivity contribution is -0.107. The average Bonchev–Trinajstić information content (AvgIpc) is 2.09. The molecule has 0 aliphatic carbocycles. The lowest BCUT2D eigenvalue weighted by Gasteiger charge is -1.99. The Kier molecular flexibility index (Phi) is 8.09. The second kappa shape index (κ2) is 8.51. The summed E-state index contributed by atoms with van der Waals surface area (Å²) in [4.78, 5) is 10.0. The Hall–Kier alpha value is -0.590. The van der Waals surface area contributed by atoms with Gasteiger partial charge in [-0.3, -0.25) is 0 Å². The molecule has 0 fully saturated rings. The zero-order valence-corrected chi connectivity index (χ0v) is 8.31. The van der Waals surface area contributed by atoms with E-state index in [0.717, 1.165) is 12.7 Å². The van der Waals surface area contributed by atoms with Gasteiger partial charge in [-0.1, -0.05) is 37.8 Å². The largest absolute Gasteiger partial charge is 0.303 e. The Morgan fingerprint density at radius 3 is 2.58 bits per heavy atom. The molecule has 0 aromatic carbocycles.